The molecule has 2 rings (SSSR count). The van der Waals surface area contributed by atoms with Crippen molar-refractivity contribution in [2.75, 3.05) is 6.54 Å². The van der Waals surface area contributed by atoms with Crippen molar-refractivity contribution in [1.82, 2.24) is 5.32 Å². The van der Waals surface area contributed by atoms with E-state index in [0.29, 0.717) is 6.04 Å². The Bertz CT molecular complexity index is 347. The lowest BCUT2D eigenvalue weighted by Crippen LogP contribution is -2.22. The lowest BCUT2D eigenvalue weighted by molar-refractivity contribution is 0.492. The fourth-order valence-corrected chi connectivity index (χ4v) is 2.29. The minimum atomic E-state index is -0.138. The summed E-state index contributed by atoms with van der Waals surface area (Å²) >= 11 is 0. The second kappa shape index (κ2) is 6.15. The van der Waals surface area contributed by atoms with E-state index in [1.165, 1.54) is 31.7 Å². The Kier molecular flexibility index (Phi) is 4.55. The number of hydrogen-bond donors (Lipinski definition) is 1. The van der Waals surface area contributed by atoms with Gasteiger partial charge in [0.25, 0.3) is 0 Å². The number of nitrogens with one attached hydrogen (secondary N) is 1. The van der Waals surface area contributed by atoms with E-state index < -0.39 is 0 Å². The van der Waals surface area contributed by atoms with Crippen molar-refractivity contribution < 1.29 is 4.39 Å². The van der Waals surface area contributed by atoms with Crippen LogP contribution in [0.4, 0.5) is 4.39 Å². The minimum absolute atomic E-state index is 0.138. The maximum absolute atomic E-state index is 13.1. The minimum Gasteiger partial charge on any atom is -0.310 e. The molecule has 1 aromatic rings. The summed E-state index contributed by atoms with van der Waals surface area (Å²) in [7, 11) is 0. The fraction of sp³-hybridized carbons (Fsp3) is 0.600. The predicted octanol–water partition coefficient (Wildman–Crippen LogP) is 4.06. The van der Waals surface area contributed by atoms with Crippen LogP contribution in [0.2, 0.25) is 0 Å². The van der Waals surface area contributed by atoms with Crippen LogP contribution < -0.4 is 5.32 Å². The predicted molar refractivity (Wildman–Crippen MR) is 69.4 cm³/mol. The maximum atomic E-state index is 13.1. The van der Waals surface area contributed by atoms with Crippen molar-refractivity contribution in [3.8, 4) is 0 Å². The topological polar surface area (TPSA) is 12.0 Å². The molecular weight excluding hydrogens is 213 g/mol. The third kappa shape index (κ3) is 4.12. The summed E-state index contributed by atoms with van der Waals surface area (Å²) in [5.41, 5.74) is 1.07. The first-order valence-electron chi connectivity index (χ1n) is 6.78. The van der Waals surface area contributed by atoms with Gasteiger partial charge in [-0.15, -0.1) is 0 Å². The van der Waals surface area contributed by atoms with Crippen LogP contribution in [0.5, 0.6) is 0 Å². The van der Waals surface area contributed by atoms with Crippen LogP contribution in [-0.2, 0) is 0 Å². The van der Waals surface area contributed by atoms with Crippen molar-refractivity contribution >= 4 is 0 Å². The van der Waals surface area contributed by atoms with E-state index in [9.17, 15) is 4.39 Å². The molecule has 1 unspecified atom stereocenters. The first-order valence-corrected chi connectivity index (χ1v) is 6.78. The summed E-state index contributed by atoms with van der Waals surface area (Å²) in [5.74, 6) is 0.867. The van der Waals surface area contributed by atoms with Crippen LogP contribution in [0.15, 0.2) is 24.3 Å². The van der Waals surface area contributed by atoms with Gasteiger partial charge < -0.3 is 5.32 Å². The van der Waals surface area contributed by atoms with Gasteiger partial charge in [0.05, 0.1) is 0 Å². The standard InChI is InChI=1S/C15H22FN/c1-2-15(13-6-3-7-14(16)11-13)17-10-4-5-12-8-9-12/h3,6-7,11-12,15,17H,2,4-5,8-10H2,1H3. The highest BCUT2D eigenvalue weighted by Crippen LogP contribution is 2.33. The summed E-state index contributed by atoms with van der Waals surface area (Å²) in [4.78, 5) is 0. The van der Waals surface area contributed by atoms with Crippen molar-refractivity contribution in [3.05, 3.63) is 35.6 Å². The maximum Gasteiger partial charge on any atom is 0.123 e. The average Bonchev–Trinajstić information content (AvgIpc) is 3.13. The van der Waals surface area contributed by atoms with Crippen molar-refractivity contribution in [1.29, 1.82) is 0 Å². The van der Waals surface area contributed by atoms with Gasteiger partial charge in [-0.25, -0.2) is 4.39 Å². The Labute approximate surface area is 103 Å². The molecule has 2 heteroatoms. The van der Waals surface area contributed by atoms with Gasteiger partial charge in [-0.1, -0.05) is 31.9 Å². The fourth-order valence-electron chi connectivity index (χ4n) is 2.29. The van der Waals surface area contributed by atoms with Crippen LogP contribution in [0.25, 0.3) is 0 Å². The number of benzene rings is 1. The summed E-state index contributed by atoms with van der Waals surface area (Å²) in [6.45, 7) is 3.19. The molecule has 0 amide bonds. The van der Waals surface area contributed by atoms with Crippen molar-refractivity contribution in [2.24, 2.45) is 5.92 Å². The molecule has 1 saturated carbocycles. The molecule has 1 aliphatic rings. The Morgan fingerprint density at radius 2 is 2.24 bits per heavy atom. The average molecular weight is 235 g/mol. The summed E-state index contributed by atoms with van der Waals surface area (Å²) in [6, 6.07) is 7.24. The molecule has 1 atom stereocenters. The number of rotatable bonds is 7. The van der Waals surface area contributed by atoms with Crippen LogP contribution in [0, 0.1) is 11.7 Å². The second-order valence-electron chi connectivity index (χ2n) is 5.06. The smallest absolute Gasteiger partial charge is 0.123 e. The highest BCUT2D eigenvalue weighted by atomic mass is 19.1. The van der Waals surface area contributed by atoms with Crippen molar-refractivity contribution in [3.63, 3.8) is 0 Å². The molecule has 1 aliphatic carbocycles. The molecular formula is C15H22FN. The van der Waals surface area contributed by atoms with E-state index in [2.05, 4.69) is 12.2 Å². The van der Waals surface area contributed by atoms with Gasteiger partial charge in [0, 0.05) is 6.04 Å². The molecule has 1 aromatic carbocycles. The number of halogens is 1. The zero-order chi connectivity index (χ0) is 12.1. The Balaban J connectivity index is 1.78. The summed E-state index contributed by atoms with van der Waals surface area (Å²) in [6.07, 6.45) is 6.47. The zero-order valence-corrected chi connectivity index (χ0v) is 10.6. The molecule has 0 saturated heterocycles. The van der Waals surface area contributed by atoms with E-state index in [1.807, 2.05) is 6.07 Å². The molecule has 0 spiro atoms. The van der Waals surface area contributed by atoms with E-state index in [-0.39, 0.29) is 5.82 Å². The summed E-state index contributed by atoms with van der Waals surface area (Å²) < 4.78 is 13.1. The molecule has 0 aliphatic heterocycles. The quantitative estimate of drug-likeness (QED) is 0.703. The van der Waals surface area contributed by atoms with E-state index in [0.717, 1.165) is 24.4 Å². The van der Waals surface area contributed by atoms with Crippen molar-refractivity contribution in [2.45, 2.75) is 45.1 Å². The van der Waals surface area contributed by atoms with Gasteiger partial charge in [0.15, 0.2) is 0 Å². The van der Waals surface area contributed by atoms with E-state index in [4.69, 9.17) is 0 Å². The molecule has 1 N–H and O–H groups in total. The Hall–Kier alpha value is -0.890. The molecule has 0 aromatic heterocycles. The van der Waals surface area contributed by atoms with Gasteiger partial charge in [-0.2, -0.15) is 0 Å². The molecule has 1 nitrogen and oxygen atoms in total. The monoisotopic (exact) mass is 235 g/mol. The normalized spacial score (nSPS) is 17.1. The molecule has 94 valence electrons. The highest BCUT2D eigenvalue weighted by Gasteiger charge is 2.20. The molecule has 0 radical (unpaired) electrons. The third-order valence-electron chi connectivity index (χ3n) is 3.54. The first-order chi connectivity index (χ1) is 8.29. The second-order valence-corrected chi connectivity index (χ2v) is 5.06. The van der Waals surface area contributed by atoms with E-state index >= 15 is 0 Å². The first kappa shape index (κ1) is 12.6. The van der Waals surface area contributed by atoms with Crippen LogP contribution in [0.1, 0.15) is 50.6 Å². The molecule has 0 bridgehead atoms. The molecule has 1 fully saturated rings. The third-order valence-corrected chi connectivity index (χ3v) is 3.54. The van der Waals surface area contributed by atoms with Gasteiger partial charge in [0.2, 0.25) is 0 Å². The summed E-state index contributed by atoms with van der Waals surface area (Å²) in [5, 5.41) is 3.53. The highest BCUT2D eigenvalue weighted by molar-refractivity contribution is 5.19. The van der Waals surface area contributed by atoms with Gasteiger partial charge in [-0.3, -0.25) is 0 Å². The van der Waals surface area contributed by atoms with Crippen LogP contribution in [0.3, 0.4) is 0 Å². The lowest BCUT2D eigenvalue weighted by atomic mass is 10.0. The van der Waals surface area contributed by atoms with E-state index in [1.54, 1.807) is 12.1 Å². The zero-order valence-electron chi connectivity index (χ0n) is 10.6. The Morgan fingerprint density at radius 3 is 2.88 bits per heavy atom. The lowest BCUT2D eigenvalue weighted by Gasteiger charge is -2.17. The van der Waals surface area contributed by atoms with Gasteiger partial charge >= 0.3 is 0 Å². The molecule has 17 heavy (non-hydrogen) atoms. The van der Waals surface area contributed by atoms with Gasteiger partial charge in [0.1, 0.15) is 5.82 Å². The van der Waals surface area contributed by atoms with Crippen LogP contribution >= 0.6 is 0 Å². The van der Waals surface area contributed by atoms with Crippen LogP contribution in [-0.4, -0.2) is 6.54 Å². The molecule has 0 heterocycles. The SMILES string of the molecule is CCC(NCCCC1CC1)c1cccc(F)c1. The van der Waals surface area contributed by atoms with Gasteiger partial charge in [-0.05, 0) is 49.4 Å². The number of hydrogen-bond acceptors (Lipinski definition) is 1. The largest absolute Gasteiger partial charge is 0.310 e. The Morgan fingerprint density at radius 1 is 1.41 bits per heavy atom.